The Morgan fingerprint density at radius 1 is 0.909 bits per heavy atom. The van der Waals surface area contributed by atoms with Crippen LogP contribution in [0.25, 0.3) is 21.8 Å². The molecule has 3 aromatic carbocycles. The Balaban J connectivity index is 1.37. The number of thioether (sulfide) groups is 1. The van der Waals surface area contributed by atoms with Crippen molar-refractivity contribution in [1.82, 2.24) is 9.47 Å². The molecule has 1 aromatic heterocycles. The Labute approximate surface area is 197 Å². The molecule has 2 heterocycles. The summed E-state index contributed by atoms with van der Waals surface area (Å²) in [5.41, 5.74) is 3.71. The van der Waals surface area contributed by atoms with E-state index in [0.717, 1.165) is 54.0 Å². The van der Waals surface area contributed by atoms with Crippen LogP contribution in [-0.4, -0.2) is 40.1 Å². The second kappa shape index (κ2) is 9.32. The monoisotopic (exact) mass is 457 g/mol. The van der Waals surface area contributed by atoms with Gasteiger partial charge in [-0.15, -0.1) is 11.8 Å². The molecule has 0 saturated carbocycles. The molecule has 5 rings (SSSR count). The number of likely N-dealkylation sites (tertiary alicyclic amines) is 1. The van der Waals surface area contributed by atoms with Crippen LogP contribution in [0.3, 0.4) is 0 Å². The van der Waals surface area contributed by atoms with Crippen molar-refractivity contribution >= 4 is 51.1 Å². The minimum atomic E-state index is -0.162. The summed E-state index contributed by atoms with van der Waals surface area (Å²) in [6, 6.07) is 21.9. The lowest BCUT2D eigenvalue weighted by Gasteiger charge is -2.15. The zero-order valence-corrected chi connectivity index (χ0v) is 19.5. The molecule has 1 aliphatic rings. The van der Waals surface area contributed by atoms with Crippen molar-refractivity contribution in [3.8, 4) is 0 Å². The molecule has 0 aliphatic carbocycles. The molecule has 5 nitrogen and oxygen atoms in total. The average Bonchev–Trinajstić information content (AvgIpc) is 3.49. The van der Waals surface area contributed by atoms with E-state index in [4.69, 9.17) is 0 Å². The minimum Gasteiger partial charge on any atom is -0.342 e. The summed E-state index contributed by atoms with van der Waals surface area (Å²) < 4.78 is 2.29. The second-order valence-electron chi connectivity index (χ2n) is 8.32. The molecule has 4 aromatic rings. The molecule has 2 amide bonds. The molecular weight excluding hydrogens is 430 g/mol. The number of para-hydroxylation sites is 1. The van der Waals surface area contributed by atoms with Gasteiger partial charge in [0.05, 0.1) is 11.3 Å². The largest absolute Gasteiger partial charge is 0.342 e. The van der Waals surface area contributed by atoms with Crippen molar-refractivity contribution in [2.24, 2.45) is 0 Å². The SMILES string of the molecule is CCn1c2ccccc2c2cc(NC(=O)c3ccccc3SCC(=O)N3CCCC3)ccc21. The van der Waals surface area contributed by atoms with Gasteiger partial charge >= 0.3 is 0 Å². The van der Waals surface area contributed by atoms with Gasteiger partial charge in [0, 0.05) is 52.0 Å². The number of carbonyl (C=O) groups is 2. The first-order valence-corrected chi connectivity index (χ1v) is 12.5. The molecular formula is C27H27N3O2S. The van der Waals surface area contributed by atoms with Crippen molar-refractivity contribution in [1.29, 1.82) is 0 Å². The highest BCUT2D eigenvalue weighted by atomic mass is 32.2. The van der Waals surface area contributed by atoms with Gasteiger partial charge in [-0.1, -0.05) is 30.3 Å². The molecule has 1 N–H and O–H groups in total. The number of carbonyl (C=O) groups excluding carboxylic acids is 2. The number of aromatic nitrogens is 1. The number of nitrogens with one attached hydrogen (secondary N) is 1. The van der Waals surface area contributed by atoms with Crippen molar-refractivity contribution in [3.63, 3.8) is 0 Å². The zero-order chi connectivity index (χ0) is 22.8. The maximum atomic E-state index is 13.2. The molecule has 6 heteroatoms. The number of amides is 2. The lowest BCUT2D eigenvalue weighted by molar-refractivity contribution is -0.127. The molecule has 0 radical (unpaired) electrons. The summed E-state index contributed by atoms with van der Waals surface area (Å²) in [5.74, 6) is 0.336. The molecule has 0 atom stereocenters. The Bertz CT molecular complexity index is 1340. The summed E-state index contributed by atoms with van der Waals surface area (Å²) in [7, 11) is 0. The smallest absolute Gasteiger partial charge is 0.256 e. The van der Waals surface area contributed by atoms with Crippen LogP contribution in [0.15, 0.2) is 71.6 Å². The van der Waals surface area contributed by atoms with Gasteiger partial charge in [-0.3, -0.25) is 9.59 Å². The number of hydrogen-bond donors (Lipinski definition) is 1. The summed E-state index contributed by atoms with van der Waals surface area (Å²) in [6.07, 6.45) is 2.16. The van der Waals surface area contributed by atoms with Crippen molar-refractivity contribution < 1.29 is 9.59 Å². The zero-order valence-electron chi connectivity index (χ0n) is 18.7. The van der Waals surface area contributed by atoms with E-state index in [2.05, 4.69) is 41.1 Å². The number of benzene rings is 3. The lowest BCUT2D eigenvalue weighted by atomic mass is 10.1. The highest BCUT2D eigenvalue weighted by Crippen LogP contribution is 2.31. The first kappa shape index (κ1) is 21.6. The molecule has 0 bridgehead atoms. The predicted octanol–water partition coefficient (Wildman–Crippen LogP) is 5.78. The van der Waals surface area contributed by atoms with Crippen LogP contribution in [0, 0.1) is 0 Å². The van der Waals surface area contributed by atoms with Gasteiger partial charge in [0.2, 0.25) is 5.91 Å². The van der Waals surface area contributed by atoms with Crippen molar-refractivity contribution in [3.05, 3.63) is 72.3 Å². The van der Waals surface area contributed by atoms with Crippen molar-refractivity contribution in [2.75, 3.05) is 24.2 Å². The Morgan fingerprint density at radius 3 is 2.45 bits per heavy atom. The van der Waals surface area contributed by atoms with E-state index in [-0.39, 0.29) is 11.8 Å². The normalized spacial score (nSPS) is 13.7. The van der Waals surface area contributed by atoms with Gasteiger partial charge in [-0.2, -0.15) is 0 Å². The third kappa shape index (κ3) is 4.23. The Morgan fingerprint density at radius 2 is 1.64 bits per heavy atom. The molecule has 0 spiro atoms. The number of anilines is 1. The fraction of sp³-hybridized carbons (Fsp3) is 0.259. The van der Waals surface area contributed by atoms with Crippen LogP contribution in [0.1, 0.15) is 30.1 Å². The minimum absolute atomic E-state index is 0.144. The first-order chi connectivity index (χ1) is 16.2. The Kier molecular flexibility index (Phi) is 6.09. The summed E-state index contributed by atoms with van der Waals surface area (Å²) in [6.45, 7) is 4.72. The third-order valence-corrected chi connectivity index (χ3v) is 7.35. The van der Waals surface area contributed by atoms with Gasteiger partial charge in [0.15, 0.2) is 0 Å². The lowest BCUT2D eigenvalue weighted by Crippen LogP contribution is -2.29. The molecule has 1 aliphatic heterocycles. The maximum absolute atomic E-state index is 13.2. The van der Waals surface area contributed by atoms with Crippen LogP contribution in [0.5, 0.6) is 0 Å². The molecule has 1 saturated heterocycles. The third-order valence-electron chi connectivity index (χ3n) is 6.29. The average molecular weight is 458 g/mol. The summed E-state index contributed by atoms with van der Waals surface area (Å²) >= 11 is 1.44. The van der Waals surface area contributed by atoms with Gasteiger partial charge in [0.1, 0.15) is 0 Å². The van der Waals surface area contributed by atoms with Crippen LogP contribution < -0.4 is 5.32 Å². The number of nitrogens with zero attached hydrogens (tertiary/aromatic N) is 2. The van der Waals surface area contributed by atoms with Gasteiger partial charge in [-0.25, -0.2) is 0 Å². The van der Waals surface area contributed by atoms with E-state index >= 15 is 0 Å². The van der Waals surface area contributed by atoms with Crippen LogP contribution in [-0.2, 0) is 11.3 Å². The van der Waals surface area contributed by atoms with Gasteiger partial charge in [0.25, 0.3) is 5.91 Å². The van der Waals surface area contributed by atoms with Crippen LogP contribution >= 0.6 is 11.8 Å². The first-order valence-electron chi connectivity index (χ1n) is 11.5. The highest BCUT2D eigenvalue weighted by molar-refractivity contribution is 8.00. The fourth-order valence-electron chi connectivity index (χ4n) is 4.65. The number of hydrogen-bond acceptors (Lipinski definition) is 3. The van der Waals surface area contributed by atoms with E-state index < -0.39 is 0 Å². The maximum Gasteiger partial charge on any atom is 0.256 e. The topological polar surface area (TPSA) is 54.3 Å². The van der Waals surface area contributed by atoms with Crippen LogP contribution in [0.2, 0.25) is 0 Å². The molecule has 33 heavy (non-hydrogen) atoms. The second-order valence-corrected chi connectivity index (χ2v) is 9.34. The van der Waals surface area contributed by atoms with Crippen LogP contribution in [0.4, 0.5) is 5.69 Å². The van der Waals surface area contributed by atoms with Gasteiger partial charge in [-0.05, 0) is 56.2 Å². The number of fused-ring (bicyclic) bond motifs is 3. The summed E-state index contributed by atoms with van der Waals surface area (Å²) in [4.78, 5) is 28.4. The van der Waals surface area contributed by atoms with E-state index in [1.54, 1.807) is 0 Å². The highest BCUT2D eigenvalue weighted by Gasteiger charge is 2.19. The molecule has 1 fully saturated rings. The molecule has 0 unspecified atom stereocenters. The standard InChI is InChI=1S/C27H27N3O2S/c1-2-30-23-11-5-3-9-20(23)22-17-19(13-14-24(22)30)28-27(32)21-10-4-6-12-25(21)33-18-26(31)29-15-7-8-16-29/h3-6,9-14,17H,2,7-8,15-16,18H2,1H3,(H,28,32). The number of aryl methyl sites for hydroxylation is 1. The fourth-order valence-corrected chi connectivity index (χ4v) is 5.60. The summed E-state index contributed by atoms with van der Waals surface area (Å²) in [5, 5.41) is 5.38. The predicted molar refractivity (Wildman–Crippen MR) is 136 cm³/mol. The van der Waals surface area contributed by atoms with E-state index in [9.17, 15) is 9.59 Å². The Hall–Kier alpha value is -3.25. The van der Waals surface area contributed by atoms with Crippen molar-refractivity contribution in [2.45, 2.75) is 31.2 Å². The van der Waals surface area contributed by atoms with E-state index in [0.29, 0.717) is 11.3 Å². The van der Waals surface area contributed by atoms with E-state index in [1.165, 1.54) is 22.7 Å². The van der Waals surface area contributed by atoms with E-state index in [1.807, 2.05) is 47.4 Å². The number of rotatable bonds is 6. The quantitative estimate of drug-likeness (QED) is 0.373. The molecule has 168 valence electrons. The van der Waals surface area contributed by atoms with Gasteiger partial charge < -0.3 is 14.8 Å².